The number of morpholine rings is 1. The molecule has 0 aliphatic carbocycles. The third-order valence-electron chi connectivity index (χ3n) is 2.63. The van der Waals surface area contributed by atoms with Crippen LogP contribution in [-0.2, 0) is 20.5 Å². The maximum absolute atomic E-state index is 12.2. The Bertz CT molecular complexity index is 507. The zero-order chi connectivity index (χ0) is 13.2. The lowest BCUT2D eigenvalue weighted by atomic mass is 10.2. The van der Waals surface area contributed by atoms with Crippen LogP contribution in [0.4, 0.5) is 0 Å². The van der Waals surface area contributed by atoms with Crippen LogP contribution >= 0.6 is 23.2 Å². The van der Waals surface area contributed by atoms with Crippen molar-refractivity contribution in [3.05, 3.63) is 33.8 Å². The maximum atomic E-state index is 12.2. The van der Waals surface area contributed by atoms with Gasteiger partial charge in [-0.2, -0.15) is 4.31 Å². The van der Waals surface area contributed by atoms with E-state index in [-0.39, 0.29) is 5.75 Å². The quantitative estimate of drug-likeness (QED) is 0.859. The first-order chi connectivity index (χ1) is 8.47. The van der Waals surface area contributed by atoms with Gasteiger partial charge in [0.2, 0.25) is 10.0 Å². The van der Waals surface area contributed by atoms with Crippen molar-refractivity contribution in [3.8, 4) is 0 Å². The summed E-state index contributed by atoms with van der Waals surface area (Å²) in [6.45, 7) is 1.68. The Balaban J connectivity index is 2.16. The zero-order valence-corrected chi connectivity index (χ0v) is 11.9. The van der Waals surface area contributed by atoms with Gasteiger partial charge in [0.25, 0.3) is 0 Å². The van der Waals surface area contributed by atoms with Crippen molar-refractivity contribution in [3.63, 3.8) is 0 Å². The van der Waals surface area contributed by atoms with Gasteiger partial charge in [0.15, 0.2) is 0 Å². The van der Waals surface area contributed by atoms with Crippen LogP contribution in [0, 0.1) is 0 Å². The molecule has 1 saturated heterocycles. The Morgan fingerprint density at radius 2 is 1.67 bits per heavy atom. The first-order valence-electron chi connectivity index (χ1n) is 5.48. The third kappa shape index (κ3) is 3.59. The third-order valence-corrected chi connectivity index (χ3v) is 4.92. The molecule has 0 N–H and O–H groups in total. The molecule has 0 aromatic heterocycles. The monoisotopic (exact) mass is 309 g/mol. The minimum atomic E-state index is -3.33. The number of sulfonamides is 1. The predicted octanol–water partition coefficient (Wildman–Crippen LogP) is 2.16. The van der Waals surface area contributed by atoms with E-state index in [0.717, 1.165) is 0 Å². The normalized spacial score (nSPS) is 17.9. The second-order valence-corrected chi connectivity index (χ2v) is 6.89. The fourth-order valence-electron chi connectivity index (χ4n) is 1.82. The molecule has 1 heterocycles. The number of hydrogen-bond donors (Lipinski definition) is 0. The van der Waals surface area contributed by atoms with E-state index in [1.54, 1.807) is 18.2 Å². The van der Waals surface area contributed by atoms with E-state index >= 15 is 0 Å². The Labute approximate surface area is 116 Å². The first-order valence-corrected chi connectivity index (χ1v) is 7.84. The molecule has 0 amide bonds. The minimum absolute atomic E-state index is 0.0900. The van der Waals surface area contributed by atoms with Crippen molar-refractivity contribution in [2.45, 2.75) is 5.75 Å². The van der Waals surface area contributed by atoms with Crippen LogP contribution in [-0.4, -0.2) is 39.0 Å². The van der Waals surface area contributed by atoms with Gasteiger partial charge in [-0.3, -0.25) is 0 Å². The van der Waals surface area contributed by atoms with Crippen molar-refractivity contribution >= 4 is 33.2 Å². The van der Waals surface area contributed by atoms with Crippen LogP contribution in [0.2, 0.25) is 10.0 Å². The molecular weight excluding hydrogens is 297 g/mol. The van der Waals surface area contributed by atoms with Crippen molar-refractivity contribution in [2.24, 2.45) is 0 Å². The first kappa shape index (κ1) is 14.1. The van der Waals surface area contributed by atoms with Crippen LogP contribution in [0.5, 0.6) is 0 Å². The molecule has 0 radical (unpaired) electrons. The molecule has 0 bridgehead atoms. The number of hydrogen-bond acceptors (Lipinski definition) is 3. The summed E-state index contributed by atoms with van der Waals surface area (Å²) >= 11 is 11.7. The van der Waals surface area contributed by atoms with Crippen LogP contribution in [0.1, 0.15) is 5.56 Å². The SMILES string of the molecule is O=S(=O)(Cc1cc(Cl)cc(Cl)c1)N1CCOCC1. The lowest BCUT2D eigenvalue weighted by Gasteiger charge is -2.26. The molecule has 0 unspecified atom stereocenters. The average molecular weight is 310 g/mol. The Hall–Kier alpha value is -0.330. The summed E-state index contributed by atoms with van der Waals surface area (Å²) in [4.78, 5) is 0. The van der Waals surface area contributed by atoms with E-state index < -0.39 is 10.0 Å². The van der Waals surface area contributed by atoms with Gasteiger partial charge in [0, 0.05) is 23.1 Å². The van der Waals surface area contributed by atoms with E-state index in [9.17, 15) is 8.42 Å². The predicted molar refractivity (Wildman–Crippen MR) is 71.5 cm³/mol. The van der Waals surface area contributed by atoms with Crippen LogP contribution < -0.4 is 0 Å². The Morgan fingerprint density at radius 3 is 2.22 bits per heavy atom. The standard InChI is InChI=1S/C11H13Cl2NO3S/c12-10-5-9(6-11(13)7-10)8-18(15,16)14-1-3-17-4-2-14/h5-7H,1-4,8H2. The lowest BCUT2D eigenvalue weighted by molar-refractivity contribution is 0.0729. The highest BCUT2D eigenvalue weighted by Gasteiger charge is 2.24. The molecule has 100 valence electrons. The van der Waals surface area contributed by atoms with E-state index in [2.05, 4.69) is 0 Å². The summed E-state index contributed by atoms with van der Waals surface area (Å²) in [5, 5.41) is 0.879. The largest absolute Gasteiger partial charge is 0.379 e. The summed E-state index contributed by atoms with van der Waals surface area (Å²) < 4.78 is 30.9. The highest BCUT2D eigenvalue weighted by atomic mass is 35.5. The molecule has 1 aliphatic rings. The van der Waals surface area contributed by atoms with Crippen molar-refractivity contribution in [2.75, 3.05) is 26.3 Å². The van der Waals surface area contributed by atoms with Gasteiger partial charge < -0.3 is 4.74 Å². The van der Waals surface area contributed by atoms with Gasteiger partial charge in [0.1, 0.15) is 0 Å². The highest BCUT2D eigenvalue weighted by Crippen LogP contribution is 2.21. The number of benzene rings is 1. The number of halogens is 2. The molecule has 0 spiro atoms. The second kappa shape index (κ2) is 5.75. The molecule has 2 rings (SSSR count). The average Bonchev–Trinajstić information content (AvgIpc) is 2.28. The fraction of sp³-hybridized carbons (Fsp3) is 0.455. The lowest BCUT2D eigenvalue weighted by Crippen LogP contribution is -2.41. The van der Waals surface area contributed by atoms with Crippen LogP contribution in [0.25, 0.3) is 0 Å². The summed E-state index contributed by atoms with van der Waals surface area (Å²) in [5.74, 6) is -0.0900. The van der Waals surface area contributed by atoms with Crippen LogP contribution in [0.3, 0.4) is 0 Å². The Kier molecular flexibility index (Phi) is 4.50. The van der Waals surface area contributed by atoms with Gasteiger partial charge in [-0.25, -0.2) is 8.42 Å². The van der Waals surface area contributed by atoms with Gasteiger partial charge in [-0.05, 0) is 23.8 Å². The van der Waals surface area contributed by atoms with Crippen molar-refractivity contribution < 1.29 is 13.2 Å². The van der Waals surface area contributed by atoms with E-state index in [0.29, 0.717) is 41.9 Å². The Morgan fingerprint density at radius 1 is 1.11 bits per heavy atom. The fourth-order valence-corrected chi connectivity index (χ4v) is 3.87. The van der Waals surface area contributed by atoms with E-state index in [1.807, 2.05) is 0 Å². The smallest absolute Gasteiger partial charge is 0.218 e. The number of rotatable bonds is 3. The molecule has 7 heteroatoms. The zero-order valence-electron chi connectivity index (χ0n) is 9.60. The molecule has 18 heavy (non-hydrogen) atoms. The highest BCUT2D eigenvalue weighted by molar-refractivity contribution is 7.88. The molecule has 4 nitrogen and oxygen atoms in total. The molecule has 1 fully saturated rings. The van der Waals surface area contributed by atoms with Crippen LogP contribution in [0.15, 0.2) is 18.2 Å². The van der Waals surface area contributed by atoms with Gasteiger partial charge in [-0.15, -0.1) is 0 Å². The summed E-state index contributed by atoms with van der Waals surface area (Å²) in [6.07, 6.45) is 0. The van der Waals surface area contributed by atoms with Crippen molar-refractivity contribution in [1.29, 1.82) is 0 Å². The van der Waals surface area contributed by atoms with E-state index in [1.165, 1.54) is 4.31 Å². The molecule has 0 saturated carbocycles. The summed E-state index contributed by atoms with van der Waals surface area (Å²) in [5.41, 5.74) is 0.596. The van der Waals surface area contributed by atoms with Crippen molar-refractivity contribution in [1.82, 2.24) is 4.31 Å². The molecule has 0 atom stereocenters. The minimum Gasteiger partial charge on any atom is -0.379 e. The van der Waals surface area contributed by atoms with Gasteiger partial charge in [-0.1, -0.05) is 23.2 Å². The molecule has 1 aromatic rings. The maximum Gasteiger partial charge on any atom is 0.218 e. The molecular formula is C11H13Cl2NO3S. The number of nitrogens with zero attached hydrogens (tertiary/aromatic N) is 1. The summed E-state index contributed by atoms with van der Waals surface area (Å²) in [6, 6.07) is 4.81. The molecule has 1 aliphatic heterocycles. The summed E-state index contributed by atoms with van der Waals surface area (Å²) in [7, 11) is -3.33. The topological polar surface area (TPSA) is 46.6 Å². The second-order valence-electron chi connectivity index (χ2n) is 4.05. The van der Waals surface area contributed by atoms with Gasteiger partial charge >= 0.3 is 0 Å². The number of ether oxygens (including phenoxy) is 1. The van der Waals surface area contributed by atoms with E-state index in [4.69, 9.17) is 27.9 Å². The molecule has 1 aromatic carbocycles. The van der Waals surface area contributed by atoms with Gasteiger partial charge in [0.05, 0.1) is 19.0 Å².